The van der Waals surface area contributed by atoms with E-state index >= 15 is 0 Å². The fourth-order valence-corrected chi connectivity index (χ4v) is 1.29. The van der Waals surface area contributed by atoms with Crippen molar-refractivity contribution in [3.63, 3.8) is 0 Å². The number of likely N-dealkylation sites (N-methyl/N-ethyl adjacent to an activating group) is 1. The maximum Gasteiger partial charge on any atom is 0.408 e. The molecule has 0 spiro atoms. The number of halogens is 3. The van der Waals surface area contributed by atoms with Crippen LogP contribution in [0, 0.1) is 5.92 Å². The topological polar surface area (TPSA) is 49.4 Å². The molecule has 18 heavy (non-hydrogen) atoms. The van der Waals surface area contributed by atoms with E-state index in [9.17, 15) is 22.8 Å². The van der Waals surface area contributed by atoms with E-state index in [1.165, 1.54) is 20.9 Å². The number of alkyl halides is 3. The lowest BCUT2D eigenvalue weighted by atomic mass is 10.0. The molecule has 1 N–H and O–H groups in total. The Morgan fingerprint density at radius 1 is 1.39 bits per heavy atom. The summed E-state index contributed by atoms with van der Waals surface area (Å²) in [5.41, 5.74) is 0. The Hall–Kier alpha value is -1.53. The third kappa shape index (κ3) is 5.20. The van der Waals surface area contributed by atoms with Crippen LogP contribution in [-0.2, 0) is 9.59 Å². The Balaban J connectivity index is 4.54. The van der Waals surface area contributed by atoms with Gasteiger partial charge in [0.1, 0.15) is 6.04 Å². The van der Waals surface area contributed by atoms with E-state index in [2.05, 4.69) is 6.58 Å². The van der Waals surface area contributed by atoms with Crippen LogP contribution in [0.4, 0.5) is 13.2 Å². The van der Waals surface area contributed by atoms with Crippen molar-refractivity contribution in [2.24, 2.45) is 5.92 Å². The molecule has 0 saturated carbocycles. The second kappa shape index (κ2) is 6.42. The predicted octanol–water partition coefficient (Wildman–Crippen LogP) is 1.33. The smallest absolute Gasteiger partial charge is 0.343 e. The number of rotatable bonds is 5. The van der Waals surface area contributed by atoms with Crippen LogP contribution in [0.5, 0.6) is 0 Å². The Kier molecular flexibility index (Phi) is 5.87. The summed E-state index contributed by atoms with van der Waals surface area (Å²) in [7, 11) is 1.31. The van der Waals surface area contributed by atoms with Crippen LogP contribution in [0.25, 0.3) is 0 Å². The van der Waals surface area contributed by atoms with Crippen molar-refractivity contribution in [2.45, 2.75) is 26.1 Å². The molecule has 0 aromatic carbocycles. The first-order chi connectivity index (χ1) is 8.09. The third-order valence-electron chi connectivity index (χ3n) is 2.27. The van der Waals surface area contributed by atoms with Crippen molar-refractivity contribution in [3.8, 4) is 0 Å². The van der Waals surface area contributed by atoms with Gasteiger partial charge in [-0.25, -0.2) is 0 Å². The summed E-state index contributed by atoms with van der Waals surface area (Å²) in [4.78, 5) is 23.4. The maximum atomic E-state index is 12.6. The number of carbonyl (C=O) groups excluding carboxylic acids is 2. The summed E-state index contributed by atoms with van der Waals surface area (Å²) in [6.45, 7) is 5.49. The standard InChI is InChI=1S/C11H17F3N2O2/c1-5-9(18)16(4)6-8(17)15-10(7(2)3)11(12,13)14/h5,7,10H,1,6H2,2-4H3,(H,15,17). The molecule has 0 fully saturated rings. The minimum absolute atomic E-state index is 0.440. The zero-order chi connectivity index (χ0) is 14.5. The Morgan fingerprint density at radius 3 is 2.22 bits per heavy atom. The molecule has 7 heteroatoms. The fourth-order valence-electron chi connectivity index (χ4n) is 1.29. The highest BCUT2D eigenvalue weighted by molar-refractivity contribution is 5.90. The minimum Gasteiger partial charge on any atom is -0.343 e. The predicted molar refractivity (Wildman–Crippen MR) is 60.7 cm³/mol. The number of nitrogens with one attached hydrogen (secondary N) is 1. The molecule has 0 aromatic rings. The molecule has 0 bridgehead atoms. The zero-order valence-corrected chi connectivity index (χ0v) is 10.5. The average Bonchev–Trinajstić information content (AvgIpc) is 2.22. The number of hydrogen-bond donors (Lipinski definition) is 1. The highest BCUT2D eigenvalue weighted by Crippen LogP contribution is 2.25. The van der Waals surface area contributed by atoms with Crippen molar-refractivity contribution >= 4 is 11.8 Å². The lowest BCUT2D eigenvalue weighted by Crippen LogP contribution is -2.51. The average molecular weight is 266 g/mol. The van der Waals surface area contributed by atoms with E-state index in [4.69, 9.17) is 0 Å². The monoisotopic (exact) mass is 266 g/mol. The van der Waals surface area contributed by atoms with Gasteiger partial charge in [0.05, 0.1) is 6.54 Å². The molecule has 1 atom stereocenters. The van der Waals surface area contributed by atoms with Gasteiger partial charge >= 0.3 is 6.18 Å². The molecule has 0 rings (SSSR count). The van der Waals surface area contributed by atoms with Crippen molar-refractivity contribution in [1.29, 1.82) is 0 Å². The summed E-state index contributed by atoms with van der Waals surface area (Å²) >= 11 is 0. The number of hydrogen-bond acceptors (Lipinski definition) is 2. The number of carbonyl (C=O) groups is 2. The van der Waals surface area contributed by atoms with Gasteiger partial charge in [-0.15, -0.1) is 0 Å². The summed E-state index contributed by atoms with van der Waals surface area (Å²) in [6, 6.07) is -1.92. The molecule has 0 aliphatic heterocycles. The minimum atomic E-state index is -4.51. The molecule has 4 nitrogen and oxygen atoms in total. The summed E-state index contributed by atoms with van der Waals surface area (Å²) < 4.78 is 37.7. The van der Waals surface area contributed by atoms with Crippen molar-refractivity contribution in [1.82, 2.24) is 10.2 Å². The summed E-state index contributed by atoms with van der Waals surface area (Å²) in [6.07, 6.45) is -3.53. The summed E-state index contributed by atoms with van der Waals surface area (Å²) in [5.74, 6) is -2.17. The van der Waals surface area contributed by atoms with Gasteiger partial charge < -0.3 is 10.2 Å². The zero-order valence-electron chi connectivity index (χ0n) is 10.5. The largest absolute Gasteiger partial charge is 0.408 e. The highest BCUT2D eigenvalue weighted by Gasteiger charge is 2.42. The first-order valence-corrected chi connectivity index (χ1v) is 5.33. The highest BCUT2D eigenvalue weighted by atomic mass is 19.4. The lowest BCUT2D eigenvalue weighted by molar-refractivity contribution is -0.170. The molecule has 0 aliphatic carbocycles. The van der Waals surface area contributed by atoms with Gasteiger partial charge in [-0.3, -0.25) is 9.59 Å². The van der Waals surface area contributed by atoms with E-state index in [0.29, 0.717) is 0 Å². The van der Waals surface area contributed by atoms with Crippen LogP contribution in [0.15, 0.2) is 12.7 Å². The Morgan fingerprint density at radius 2 is 1.89 bits per heavy atom. The summed E-state index contributed by atoms with van der Waals surface area (Å²) in [5, 5.41) is 1.87. The van der Waals surface area contributed by atoms with Crippen molar-refractivity contribution in [2.75, 3.05) is 13.6 Å². The van der Waals surface area contributed by atoms with Gasteiger partial charge in [-0.2, -0.15) is 13.2 Å². The number of amides is 2. The van der Waals surface area contributed by atoms with Crippen molar-refractivity contribution in [3.05, 3.63) is 12.7 Å². The Labute approximate surface area is 104 Å². The van der Waals surface area contributed by atoms with Gasteiger partial charge in [0.15, 0.2) is 0 Å². The van der Waals surface area contributed by atoms with Crippen LogP contribution in [0.2, 0.25) is 0 Å². The van der Waals surface area contributed by atoms with Crippen LogP contribution < -0.4 is 5.32 Å². The molecular formula is C11H17F3N2O2. The van der Waals surface area contributed by atoms with Crippen LogP contribution >= 0.6 is 0 Å². The van der Waals surface area contributed by atoms with Crippen LogP contribution in [0.1, 0.15) is 13.8 Å². The molecule has 0 aliphatic rings. The molecule has 2 amide bonds. The SMILES string of the molecule is C=CC(=O)N(C)CC(=O)NC(C(C)C)C(F)(F)F. The second-order valence-corrected chi connectivity index (χ2v) is 4.23. The van der Waals surface area contributed by atoms with Gasteiger partial charge in [0.25, 0.3) is 0 Å². The maximum absolute atomic E-state index is 12.6. The normalized spacial score (nSPS) is 13.1. The van der Waals surface area contributed by atoms with Gasteiger partial charge in [0.2, 0.25) is 11.8 Å². The molecule has 104 valence electrons. The Bertz CT molecular complexity index is 327. The van der Waals surface area contributed by atoms with E-state index in [0.717, 1.165) is 11.0 Å². The number of nitrogens with zero attached hydrogens (tertiary/aromatic N) is 1. The molecule has 1 unspecified atom stereocenters. The first kappa shape index (κ1) is 16.5. The van der Waals surface area contributed by atoms with Crippen LogP contribution in [-0.4, -0.2) is 42.5 Å². The van der Waals surface area contributed by atoms with Gasteiger partial charge in [0, 0.05) is 7.05 Å². The van der Waals surface area contributed by atoms with Crippen LogP contribution in [0.3, 0.4) is 0 Å². The van der Waals surface area contributed by atoms with E-state index in [1.54, 1.807) is 0 Å². The quantitative estimate of drug-likeness (QED) is 0.763. The van der Waals surface area contributed by atoms with E-state index < -0.39 is 36.5 Å². The van der Waals surface area contributed by atoms with E-state index in [1.807, 2.05) is 5.32 Å². The first-order valence-electron chi connectivity index (χ1n) is 5.33. The second-order valence-electron chi connectivity index (χ2n) is 4.23. The molecule has 0 saturated heterocycles. The lowest BCUT2D eigenvalue weighted by Gasteiger charge is -2.26. The van der Waals surface area contributed by atoms with E-state index in [-0.39, 0.29) is 0 Å². The van der Waals surface area contributed by atoms with Gasteiger partial charge in [-0.05, 0) is 12.0 Å². The van der Waals surface area contributed by atoms with Crippen molar-refractivity contribution < 1.29 is 22.8 Å². The van der Waals surface area contributed by atoms with Gasteiger partial charge in [-0.1, -0.05) is 20.4 Å². The molecule has 0 aromatic heterocycles. The molecule has 0 radical (unpaired) electrons. The molecular weight excluding hydrogens is 249 g/mol. The molecule has 0 heterocycles. The third-order valence-corrected chi connectivity index (χ3v) is 2.27. The fraction of sp³-hybridized carbons (Fsp3) is 0.636.